The Bertz CT molecular complexity index is 384. The van der Waals surface area contributed by atoms with E-state index in [1.54, 1.807) is 7.05 Å². The molecule has 2 bridgehead atoms. The Labute approximate surface area is 114 Å². The minimum Gasteiger partial charge on any atom is -0.314 e. The summed E-state index contributed by atoms with van der Waals surface area (Å²) in [4.78, 5) is 27.6. The Morgan fingerprint density at radius 2 is 1.84 bits per heavy atom. The summed E-state index contributed by atoms with van der Waals surface area (Å²) < 4.78 is 0. The van der Waals surface area contributed by atoms with Crippen LogP contribution in [0.25, 0.3) is 0 Å². The number of likely N-dealkylation sites (N-methyl/N-ethyl adjacent to an activating group) is 1. The molecule has 1 N–H and O–H groups in total. The van der Waals surface area contributed by atoms with E-state index < -0.39 is 0 Å². The van der Waals surface area contributed by atoms with Crippen molar-refractivity contribution >= 4 is 11.8 Å². The summed E-state index contributed by atoms with van der Waals surface area (Å²) in [6.07, 6.45) is 4.97. The van der Waals surface area contributed by atoms with Crippen LogP contribution in [0.5, 0.6) is 0 Å². The van der Waals surface area contributed by atoms with E-state index in [9.17, 15) is 9.59 Å². The predicted molar refractivity (Wildman–Crippen MR) is 71.5 cm³/mol. The topological polar surface area (TPSA) is 52.7 Å². The number of rotatable bonds is 3. The van der Waals surface area contributed by atoms with Crippen LogP contribution in [0.1, 0.15) is 39.0 Å². The molecule has 0 aromatic rings. The molecule has 3 unspecified atom stereocenters. The second-order valence-electron chi connectivity index (χ2n) is 6.07. The second kappa shape index (κ2) is 4.87. The van der Waals surface area contributed by atoms with Gasteiger partial charge in [0.2, 0.25) is 11.8 Å². The molecule has 3 heterocycles. The van der Waals surface area contributed by atoms with E-state index >= 15 is 0 Å². The quantitative estimate of drug-likeness (QED) is 0.748. The molecule has 3 fully saturated rings. The van der Waals surface area contributed by atoms with E-state index in [0.29, 0.717) is 24.5 Å². The SMILES string of the molecule is CCNC1CC2CCC(C1)N2C1CC(=O)N(C)C1=O. The zero-order valence-electron chi connectivity index (χ0n) is 11.8. The molecule has 0 radical (unpaired) electrons. The van der Waals surface area contributed by atoms with Gasteiger partial charge in [-0.25, -0.2) is 0 Å². The number of piperidine rings is 1. The molecule has 3 rings (SSSR count). The number of hydrogen-bond donors (Lipinski definition) is 1. The van der Waals surface area contributed by atoms with Gasteiger partial charge in [0.05, 0.1) is 12.5 Å². The number of hydrogen-bond acceptors (Lipinski definition) is 4. The third kappa shape index (κ3) is 2.09. The first-order chi connectivity index (χ1) is 9.11. The van der Waals surface area contributed by atoms with Gasteiger partial charge in [-0.3, -0.25) is 19.4 Å². The van der Waals surface area contributed by atoms with Crippen LogP contribution in [0.15, 0.2) is 0 Å². The first-order valence-electron chi connectivity index (χ1n) is 7.43. The number of nitrogens with zero attached hydrogens (tertiary/aromatic N) is 2. The van der Waals surface area contributed by atoms with Crippen LogP contribution in [-0.4, -0.2) is 59.4 Å². The van der Waals surface area contributed by atoms with Crippen molar-refractivity contribution in [1.29, 1.82) is 0 Å². The van der Waals surface area contributed by atoms with Gasteiger partial charge in [0.15, 0.2) is 0 Å². The monoisotopic (exact) mass is 265 g/mol. The largest absolute Gasteiger partial charge is 0.314 e. The highest BCUT2D eigenvalue weighted by Crippen LogP contribution is 2.39. The summed E-state index contributed by atoms with van der Waals surface area (Å²) in [5, 5.41) is 3.54. The van der Waals surface area contributed by atoms with Crippen molar-refractivity contribution in [2.75, 3.05) is 13.6 Å². The number of fused-ring (bicyclic) bond motifs is 2. The summed E-state index contributed by atoms with van der Waals surface area (Å²) in [5.41, 5.74) is 0. The summed E-state index contributed by atoms with van der Waals surface area (Å²) in [7, 11) is 1.61. The molecule has 0 aromatic carbocycles. The van der Waals surface area contributed by atoms with Gasteiger partial charge in [0.1, 0.15) is 0 Å². The van der Waals surface area contributed by atoms with E-state index in [2.05, 4.69) is 17.1 Å². The number of nitrogens with one attached hydrogen (secondary N) is 1. The number of carbonyl (C=O) groups excluding carboxylic acids is 2. The van der Waals surface area contributed by atoms with Gasteiger partial charge in [-0.15, -0.1) is 0 Å². The van der Waals surface area contributed by atoms with Crippen LogP contribution < -0.4 is 5.32 Å². The molecule has 0 saturated carbocycles. The van der Waals surface area contributed by atoms with Crippen LogP contribution in [0.3, 0.4) is 0 Å². The van der Waals surface area contributed by atoms with Gasteiger partial charge in [0.25, 0.3) is 0 Å². The Morgan fingerprint density at radius 1 is 1.21 bits per heavy atom. The molecular formula is C14H23N3O2. The maximum absolute atomic E-state index is 12.2. The standard InChI is InChI=1S/C14H23N3O2/c1-3-15-9-6-10-4-5-11(7-9)17(10)12-8-13(18)16(2)14(12)19/h9-12,15H,3-8H2,1-2H3. The number of likely N-dealkylation sites (tertiary alicyclic amines) is 1. The van der Waals surface area contributed by atoms with Gasteiger partial charge in [-0.05, 0) is 32.2 Å². The third-order valence-electron chi connectivity index (χ3n) is 5.00. The van der Waals surface area contributed by atoms with Gasteiger partial charge in [0, 0.05) is 25.2 Å². The maximum atomic E-state index is 12.2. The molecule has 0 spiro atoms. The fourth-order valence-electron chi connectivity index (χ4n) is 4.15. The highest BCUT2D eigenvalue weighted by atomic mass is 16.2. The van der Waals surface area contributed by atoms with E-state index in [1.165, 1.54) is 17.7 Å². The van der Waals surface area contributed by atoms with Gasteiger partial charge >= 0.3 is 0 Å². The second-order valence-corrected chi connectivity index (χ2v) is 6.07. The number of carbonyl (C=O) groups is 2. The lowest BCUT2D eigenvalue weighted by atomic mass is 9.95. The summed E-state index contributed by atoms with van der Waals surface area (Å²) in [6, 6.07) is 1.37. The summed E-state index contributed by atoms with van der Waals surface area (Å²) in [5.74, 6) is -0.0213. The van der Waals surface area contributed by atoms with Crippen LogP contribution in [0.2, 0.25) is 0 Å². The van der Waals surface area contributed by atoms with Gasteiger partial charge in [-0.1, -0.05) is 6.92 Å². The summed E-state index contributed by atoms with van der Waals surface area (Å²) in [6.45, 7) is 3.15. The fraction of sp³-hybridized carbons (Fsp3) is 0.857. The van der Waals surface area contributed by atoms with Crippen molar-refractivity contribution in [3.05, 3.63) is 0 Å². The van der Waals surface area contributed by atoms with Crippen molar-refractivity contribution in [3.63, 3.8) is 0 Å². The van der Waals surface area contributed by atoms with Crippen LogP contribution in [0, 0.1) is 0 Å². The molecule has 3 atom stereocenters. The Morgan fingerprint density at radius 3 is 2.32 bits per heavy atom. The van der Waals surface area contributed by atoms with E-state index in [-0.39, 0.29) is 17.9 Å². The normalized spacial score (nSPS) is 39.4. The fourth-order valence-corrected chi connectivity index (χ4v) is 4.15. The third-order valence-corrected chi connectivity index (χ3v) is 5.00. The van der Waals surface area contributed by atoms with Gasteiger partial charge in [-0.2, -0.15) is 0 Å². The van der Waals surface area contributed by atoms with Crippen molar-refractivity contribution in [2.24, 2.45) is 0 Å². The average molecular weight is 265 g/mol. The Balaban J connectivity index is 1.74. The molecule has 2 amide bonds. The molecule has 5 heteroatoms. The van der Waals surface area contributed by atoms with Crippen LogP contribution in [0.4, 0.5) is 0 Å². The molecular weight excluding hydrogens is 242 g/mol. The molecule has 0 aliphatic carbocycles. The average Bonchev–Trinajstić information content (AvgIpc) is 2.78. The minimum atomic E-state index is -0.183. The highest BCUT2D eigenvalue weighted by molar-refractivity contribution is 6.05. The smallest absolute Gasteiger partial charge is 0.246 e. The van der Waals surface area contributed by atoms with E-state index in [0.717, 1.165) is 19.4 Å². The van der Waals surface area contributed by atoms with E-state index in [1.807, 2.05) is 0 Å². The molecule has 106 valence electrons. The maximum Gasteiger partial charge on any atom is 0.246 e. The highest BCUT2D eigenvalue weighted by Gasteiger charge is 2.49. The van der Waals surface area contributed by atoms with Crippen LogP contribution in [-0.2, 0) is 9.59 Å². The molecule has 19 heavy (non-hydrogen) atoms. The lowest BCUT2D eigenvalue weighted by Gasteiger charge is -2.41. The first-order valence-corrected chi connectivity index (χ1v) is 7.43. The van der Waals surface area contributed by atoms with Gasteiger partial charge < -0.3 is 5.32 Å². The summed E-state index contributed by atoms with van der Waals surface area (Å²) >= 11 is 0. The molecule has 3 aliphatic rings. The predicted octanol–water partition coefficient (Wildman–Crippen LogP) is 0.349. The Kier molecular flexibility index (Phi) is 3.35. The molecule has 3 saturated heterocycles. The number of imide groups is 1. The van der Waals surface area contributed by atoms with Crippen LogP contribution >= 0.6 is 0 Å². The lowest BCUT2D eigenvalue weighted by Crippen LogP contribution is -2.54. The number of amides is 2. The zero-order valence-corrected chi connectivity index (χ0v) is 11.8. The van der Waals surface area contributed by atoms with Crippen molar-refractivity contribution in [2.45, 2.75) is 63.2 Å². The molecule has 3 aliphatic heterocycles. The minimum absolute atomic E-state index is 0.00352. The zero-order chi connectivity index (χ0) is 13.6. The lowest BCUT2D eigenvalue weighted by molar-refractivity contribution is -0.138. The van der Waals surface area contributed by atoms with Crippen molar-refractivity contribution < 1.29 is 9.59 Å². The van der Waals surface area contributed by atoms with E-state index in [4.69, 9.17) is 0 Å². The first kappa shape index (κ1) is 13.1. The molecule has 5 nitrogen and oxygen atoms in total. The van der Waals surface area contributed by atoms with Crippen molar-refractivity contribution in [1.82, 2.24) is 15.1 Å². The molecule has 0 aromatic heterocycles. The Hall–Kier alpha value is -0.940. The van der Waals surface area contributed by atoms with Crippen molar-refractivity contribution in [3.8, 4) is 0 Å².